The number of aromatic nitrogens is 2. The molecule has 2 heterocycles. The maximum Gasteiger partial charge on any atom is 0.143 e. The molecule has 0 aliphatic heterocycles. The summed E-state index contributed by atoms with van der Waals surface area (Å²) in [5.41, 5.74) is 3.32. The molecule has 2 aromatic heterocycles. The molecule has 0 fully saturated rings. The molecule has 0 aliphatic carbocycles. The van der Waals surface area contributed by atoms with Gasteiger partial charge in [0.2, 0.25) is 0 Å². The smallest absolute Gasteiger partial charge is 0.143 e. The Balaban J connectivity index is 1.89. The quantitative estimate of drug-likeness (QED) is 0.365. The molecule has 0 atom stereocenters. The SMILES string of the molecule is CCc1sc2ncnc(Nc3ccc(Cl)cc3)c2c1-c1ccc(Br)cc1. The number of thiophene rings is 1. The van der Waals surface area contributed by atoms with Crippen molar-refractivity contribution in [2.75, 3.05) is 5.32 Å². The highest BCUT2D eigenvalue weighted by Gasteiger charge is 2.18. The van der Waals surface area contributed by atoms with E-state index in [1.807, 2.05) is 24.3 Å². The van der Waals surface area contributed by atoms with E-state index < -0.39 is 0 Å². The highest BCUT2D eigenvalue weighted by molar-refractivity contribution is 9.10. The average molecular weight is 445 g/mol. The van der Waals surface area contributed by atoms with Gasteiger partial charge in [-0.1, -0.05) is 46.6 Å². The van der Waals surface area contributed by atoms with Crippen LogP contribution in [0.15, 0.2) is 59.3 Å². The fourth-order valence-corrected chi connectivity index (χ4v) is 4.41. The third-order valence-corrected chi connectivity index (χ3v) is 6.14. The third kappa shape index (κ3) is 3.34. The van der Waals surface area contributed by atoms with E-state index in [0.29, 0.717) is 5.02 Å². The highest BCUT2D eigenvalue weighted by Crippen LogP contribution is 2.42. The Hall–Kier alpha value is -1.95. The molecule has 2 aromatic carbocycles. The minimum atomic E-state index is 0.711. The molecule has 1 N–H and O–H groups in total. The number of nitrogens with zero attached hydrogens (tertiary/aromatic N) is 2. The molecular formula is C20H15BrClN3S. The third-order valence-electron chi connectivity index (χ3n) is 4.12. The van der Waals surface area contributed by atoms with Crippen molar-refractivity contribution < 1.29 is 0 Å². The van der Waals surface area contributed by atoms with E-state index in [2.05, 4.69) is 62.4 Å². The van der Waals surface area contributed by atoms with Gasteiger partial charge in [0.15, 0.2) is 0 Å². The number of aryl methyl sites for hydroxylation is 1. The summed E-state index contributed by atoms with van der Waals surface area (Å²) in [7, 11) is 0. The first kappa shape index (κ1) is 17.5. The van der Waals surface area contributed by atoms with Gasteiger partial charge < -0.3 is 5.32 Å². The van der Waals surface area contributed by atoms with Gasteiger partial charge in [-0.15, -0.1) is 11.3 Å². The molecule has 130 valence electrons. The van der Waals surface area contributed by atoms with Gasteiger partial charge in [0.25, 0.3) is 0 Å². The van der Waals surface area contributed by atoms with E-state index in [-0.39, 0.29) is 0 Å². The van der Waals surface area contributed by atoms with Gasteiger partial charge in [0, 0.05) is 25.6 Å². The van der Waals surface area contributed by atoms with Gasteiger partial charge >= 0.3 is 0 Å². The summed E-state index contributed by atoms with van der Waals surface area (Å²) in [6, 6.07) is 16.0. The minimum Gasteiger partial charge on any atom is -0.340 e. The number of hydrogen-bond acceptors (Lipinski definition) is 4. The monoisotopic (exact) mass is 443 g/mol. The molecule has 4 aromatic rings. The second-order valence-corrected chi connectivity index (χ2v) is 8.23. The Morgan fingerprint density at radius 2 is 1.77 bits per heavy atom. The summed E-state index contributed by atoms with van der Waals surface area (Å²) in [5.74, 6) is 0.811. The summed E-state index contributed by atoms with van der Waals surface area (Å²) >= 11 is 11.2. The van der Waals surface area contributed by atoms with Crippen molar-refractivity contribution in [1.82, 2.24) is 9.97 Å². The fraction of sp³-hybridized carbons (Fsp3) is 0.100. The second-order valence-electron chi connectivity index (χ2n) is 5.80. The van der Waals surface area contributed by atoms with Crippen molar-refractivity contribution in [3.63, 3.8) is 0 Å². The van der Waals surface area contributed by atoms with Crippen LogP contribution < -0.4 is 5.32 Å². The average Bonchev–Trinajstić information content (AvgIpc) is 3.04. The summed E-state index contributed by atoms with van der Waals surface area (Å²) in [6.07, 6.45) is 2.56. The van der Waals surface area contributed by atoms with E-state index in [1.165, 1.54) is 16.0 Å². The number of halogens is 2. The van der Waals surface area contributed by atoms with E-state index >= 15 is 0 Å². The molecule has 4 rings (SSSR count). The lowest BCUT2D eigenvalue weighted by atomic mass is 10.0. The van der Waals surface area contributed by atoms with E-state index in [4.69, 9.17) is 11.6 Å². The zero-order valence-electron chi connectivity index (χ0n) is 14.0. The Bertz CT molecular complexity index is 1060. The van der Waals surface area contributed by atoms with Crippen LogP contribution in [0.2, 0.25) is 5.02 Å². The summed E-state index contributed by atoms with van der Waals surface area (Å²) < 4.78 is 1.06. The van der Waals surface area contributed by atoms with Crippen molar-refractivity contribution >= 4 is 60.6 Å². The van der Waals surface area contributed by atoms with Crippen molar-refractivity contribution in [3.05, 3.63) is 69.2 Å². The maximum atomic E-state index is 5.99. The Labute approximate surface area is 169 Å². The van der Waals surface area contributed by atoms with Gasteiger partial charge in [0.05, 0.1) is 5.39 Å². The van der Waals surface area contributed by atoms with Crippen LogP contribution in [0.4, 0.5) is 11.5 Å². The maximum absolute atomic E-state index is 5.99. The minimum absolute atomic E-state index is 0.711. The number of hydrogen-bond donors (Lipinski definition) is 1. The first-order valence-corrected chi connectivity index (χ1v) is 10.2. The Morgan fingerprint density at radius 1 is 1.04 bits per heavy atom. The van der Waals surface area contributed by atoms with E-state index in [1.54, 1.807) is 17.7 Å². The standard InChI is InChI=1S/C20H15BrClN3S/c1-2-16-17(12-3-5-13(21)6-4-12)18-19(23-11-24-20(18)26-16)25-15-9-7-14(22)8-10-15/h3-11H,2H2,1H3,(H,23,24,25). The molecule has 0 amide bonds. The predicted molar refractivity (Wildman–Crippen MR) is 115 cm³/mol. The van der Waals surface area contributed by atoms with Gasteiger partial charge in [0.1, 0.15) is 17.0 Å². The van der Waals surface area contributed by atoms with E-state index in [9.17, 15) is 0 Å². The van der Waals surface area contributed by atoms with Crippen LogP contribution in [-0.2, 0) is 6.42 Å². The van der Waals surface area contributed by atoms with Gasteiger partial charge in [-0.3, -0.25) is 0 Å². The summed E-state index contributed by atoms with van der Waals surface area (Å²) in [4.78, 5) is 11.3. The summed E-state index contributed by atoms with van der Waals surface area (Å²) in [5, 5.41) is 5.19. The lowest BCUT2D eigenvalue weighted by Gasteiger charge is -2.09. The molecule has 3 nitrogen and oxygen atoms in total. The topological polar surface area (TPSA) is 37.8 Å². The normalized spacial score (nSPS) is 11.0. The van der Waals surface area contributed by atoms with Gasteiger partial charge in [-0.2, -0.15) is 0 Å². The Kier molecular flexibility index (Phi) is 4.94. The zero-order chi connectivity index (χ0) is 18.1. The first-order valence-electron chi connectivity index (χ1n) is 8.20. The number of rotatable bonds is 4. The molecule has 0 saturated carbocycles. The predicted octanol–water partition coefficient (Wildman–Crippen LogP) is 7.08. The fourth-order valence-electron chi connectivity index (χ4n) is 2.91. The van der Waals surface area contributed by atoms with Gasteiger partial charge in [-0.05, 0) is 48.4 Å². The van der Waals surface area contributed by atoms with Crippen LogP contribution >= 0.6 is 38.9 Å². The second kappa shape index (κ2) is 7.35. The van der Waals surface area contributed by atoms with Crippen molar-refractivity contribution in [1.29, 1.82) is 0 Å². The highest BCUT2D eigenvalue weighted by atomic mass is 79.9. The van der Waals surface area contributed by atoms with Crippen LogP contribution in [0.1, 0.15) is 11.8 Å². The lowest BCUT2D eigenvalue weighted by molar-refractivity contribution is 1.19. The number of nitrogens with one attached hydrogen (secondary N) is 1. The van der Waals surface area contributed by atoms with Crippen LogP contribution in [0, 0.1) is 0 Å². The molecule has 0 radical (unpaired) electrons. The zero-order valence-corrected chi connectivity index (χ0v) is 17.1. The molecule has 0 bridgehead atoms. The first-order chi connectivity index (χ1) is 12.7. The van der Waals surface area contributed by atoms with Crippen LogP contribution in [0.3, 0.4) is 0 Å². The van der Waals surface area contributed by atoms with Crippen LogP contribution in [-0.4, -0.2) is 9.97 Å². The molecule has 0 unspecified atom stereocenters. The van der Waals surface area contributed by atoms with Crippen molar-refractivity contribution in [2.24, 2.45) is 0 Å². The molecule has 26 heavy (non-hydrogen) atoms. The van der Waals surface area contributed by atoms with E-state index in [0.717, 1.165) is 32.6 Å². The number of anilines is 2. The summed E-state index contributed by atoms with van der Waals surface area (Å²) in [6.45, 7) is 2.17. The Morgan fingerprint density at radius 3 is 2.46 bits per heavy atom. The molecule has 0 aliphatic rings. The van der Waals surface area contributed by atoms with Crippen LogP contribution in [0.5, 0.6) is 0 Å². The molecule has 0 saturated heterocycles. The van der Waals surface area contributed by atoms with Crippen LogP contribution in [0.25, 0.3) is 21.3 Å². The largest absolute Gasteiger partial charge is 0.340 e. The molecule has 0 spiro atoms. The number of fused-ring (bicyclic) bond motifs is 1. The number of benzene rings is 2. The van der Waals surface area contributed by atoms with Crippen molar-refractivity contribution in [2.45, 2.75) is 13.3 Å². The van der Waals surface area contributed by atoms with Crippen molar-refractivity contribution in [3.8, 4) is 11.1 Å². The molecular weight excluding hydrogens is 430 g/mol. The lowest BCUT2D eigenvalue weighted by Crippen LogP contribution is -1.95. The molecule has 6 heteroatoms. The van der Waals surface area contributed by atoms with Gasteiger partial charge in [-0.25, -0.2) is 9.97 Å².